The van der Waals surface area contributed by atoms with Gasteiger partial charge < -0.3 is 20.5 Å². The van der Waals surface area contributed by atoms with Gasteiger partial charge in [-0.2, -0.15) is 9.97 Å². The van der Waals surface area contributed by atoms with E-state index in [0.717, 1.165) is 32.5 Å². The largest absolute Gasteiger partial charge is 0.490 e. The zero-order valence-electron chi connectivity index (χ0n) is 16.7. The zero-order chi connectivity index (χ0) is 20.6. The molecule has 0 spiro atoms. The Balaban J connectivity index is 1.45. The lowest BCUT2D eigenvalue weighted by Gasteiger charge is -2.51. The Morgan fingerprint density at radius 1 is 1.34 bits per heavy atom. The molecule has 7 nitrogen and oxygen atoms in total. The summed E-state index contributed by atoms with van der Waals surface area (Å²) < 4.78 is 26.0. The average Bonchev–Trinajstić information content (AvgIpc) is 2.70. The van der Waals surface area contributed by atoms with Crippen molar-refractivity contribution in [1.29, 1.82) is 0 Å². The summed E-state index contributed by atoms with van der Waals surface area (Å²) in [5, 5.41) is 2.61. The van der Waals surface area contributed by atoms with Gasteiger partial charge in [0.15, 0.2) is 5.82 Å². The lowest BCUT2D eigenvalue weighted by Crippen LogP contribution is -2.62. The van der Waals surface area contributed by atoms with Gasteiger partial charge in [0.25, 0.3) is 0 Å². The number of benzene rings is 1. The Bertz CT molecular complexity index is 907. The van der Waals surface area contributed by atoms with Crippen LogP contribution in [0, 0.1) is 18.7 Å². The highest BCUT2D eigenvalue weighted by atomic mass is 28.1. The van der Waals surface area contributed by atoms with E-state index in [1.807, 2.05) is 0 Å². The molecule has 3 saturated heterocycles. The first-order chi connectivity index (χ1) is 13.9. The van der Waals surface area contributed by atoms with Crippen LogP contribution >= 0.6 is 0 Å². The van der Waals surface area contributed by atoms with Crippen molar-refractivity contribution >= 4 is 21.7 Å². The van der Waals surface area contributed by atoms with Crippen molar-refractivity contribution in [2.75, 3.05) is 37.8 Å². The fourth-order valence-electron chi connectivity index (χ4n) is 4.04. The van der Waals surface area contributed by atoms with E-state index in [2.05, 4.69) is 30.4 Å². The molecular weight excluding hydrogens is 389 g/mol. The zero-order valence-corrected chi connectivity index (χ0v) is 17.7. The Labute approximate surface area is 173 Å². The van der Waals surface area contributed by atoms with Gasteiger partial charge in [-0.05, 0) is 44.8 Å². The van der Waals surface area contributed by atoms with E-state index < -0.39 is 5.22 Å². The number of halogens is 1. The van der Waals surface area contributed by atoms with Crippen LogP contribution < -0.4 is 20.5 Å². The van der Waals surface area contributed by atoms with Crippen LogP contribution in [0.1, 0.15) is 24.1 Å². The van der Waals surface area contributed by atoms with Crippen LogP contribution in [0.2, 0.25) is 0 Å². The molecular formula is C20H25FN5O2Si. The molecule has 0 aliphatic carbocycles. The minimum atomic E-state index is -0.452. The molecule has 153 valence electrons. The minimum Gasteiger partial charge on any atom is -0.490 e. The van der Waals surface area contributed by atoms with Gasteiger partial charge in [0.2, 0.25) is 0 Å². The summed E-state index contributed by atoms with van der Waals surface area (Å²) in [4.78, 5) is 10.7. The predicted octanol–water partition coefficient (Wildman–Crippen LogP) is 2.10. The second-order valence-corrected chi connectivity index (χ2v) is 8.55. The van der Waals surface area contributed by atoms with E-state index in [1.54, 1.807) is 19.1 Å². The number of hydrogen-bond donors (Lipinski definition) is 2. The molecule has 0 unspecified atom stereocenters. The highest BCUT2D eigenvalue weighted by Gasteiger charge is 2.45. The monoisotopic (exact) mass is 414 g/mol. The first-order valence-electron chi connectivity index (χ1n) is 9.75. The standard InChI is InChI=1S/C20H25FN5O2Si/c1-12-17(22)18(25-19(24-12)27-2)23-10-13-3-4-15(9-16(13)21)28-20(29)11-26-7-5-14(20)6-8-26/h3-4,9,14H,5-8,10-11,22H2,1-2H3,(H,23,24,25)/t20-/m1/s1. The Morgan fingerprint density at radius 3 is 2.72 bits per heavy atom. The normalized spacial score (nSPS) is 25.7. The highest BCUT2D eigenvalue weighted by Crippen LogP contribution is 2.37. The van der Waals surface area contributed by atoms with Crippen LogP contribution in [-0.2, 0) is 6.54 Å². The number of ether oxygens (including phenoxy) is 2. The summed E-state index contributed by atoms with van der Waals surface area (Å²) in [5.41, 5.74) is 7.52. The number of fused-ring (bicyclic) bond motifs is 3. The van der Waals surface area contributed by atoms with Crippen molar-refractivity contribution in [3.8, 4) is 11.8 Å². The van der Waals surface area contributed by atoms with Crippen LogP contribution in [0.15, 0.2) is 18.2 Å². The van der Waals surface area contributed by atoms with Crippen molar-refractivity contribution in [2.45, 2.75) is 31.5 Å². The van der Waals surface area contributed by atoms with Gasteiger partial charge in [-0.3, -0.25) is 4.90 Å². The van der Waals surface area contributed by atoms with Crippen molar-refractivity contribution in [1.82, 2.24) is 14.9 Å². The molecule has 1 atom stereocenters. The maximum atomic E-state index is 14.7. The van der Waals surface area contributed by atoms with E-state index in [4.69, 9.17) is 15.2 Å². The highest BCUT2D eigenvalue weighted by molar-refractivity contribution is 6.15. The van der Waals surface area contributed by atoms with E-state index in [1.165, 1.54) is 13.2 Å². The number of aryl methyl sites for hydroxylation is 1. The molecule has 2 bridgehead atoms. The third-order valence-electron chi connectivity index (χ3n) is 5.77. The molecule has 1 aromatic heterocycles. The number of rotatable bonds is 6. The van der Waals surface area contributed by atoms with Gasteiger partial charge >= 0.3 is 6.01 Å². The first kappa shape index (κ1) is 19.9. The maximum absolute atomic E-state index is 14.7. The van der Waals surface area contributed by atoms with E-state index in [9.17, 15) is 4.39 Å². The Morgan fingerprint density at radius 2 is 2.10 bits per heavy atom. The fraction of sp³-hybridized carbons (Fsp3) is 0.500. The molecule has 0 saturated carbocycles. The summed E-state index contributed by atoms with van der Waals surface area (Å²) in [6.45, 7) is 5.02. The van der Waals surface area contributed by atoms with Crippen LogP contribution in [-0.4, -0.2) is 57.1 Å². The molecule has 3 N–H and O–H groups in total. The predicted molar refractivity (Wildman–Crippen MR) is 110 cm³/mol. The molecule has 3 aliphatic rings. The Kier molecular flexibility index (Phi) is 5.35. The average molecular weight is 415 g/mol. The third-order valence-corrected chi connectivity index (χ3v) is 6.44. The smallest absolute Gasteiger partial charge is 0.318 e. The molecule has 4 heterocycles. The summed E-state index contributed by atoms with van der Waals surface area (Å²) in [6.07, 6.45) is 2.19. The molecule has 0 amide bonds. The molecule has 5 rings (SSSR count). The van der Waals surface area contributed by atoms with E-state index >= 15 is 0 Å². The number of nitrogen functional groups attached to an aromatic ring is 1. The quantitative estimate of drug-likeness (QED) is 0.700. The van der Waals surface area contributed by atoms with Crippen LogP contribution in [0.3, 0.4) is 0 Å². The topological polar surface area (TPSA) is 85.5 Å². The van der Waals surface area contributed by atoms with Gasteiger partial charge in [-0.25, -0.2) is 4.39 Å². The number of nitrogens with two attached hydrogens (primary N) is 1. The number of nitrogens with one attached hydrogen (secondary N) is 1. The summed E-state index contributed by atoms with van der Waals surface area (Å²) >= 11 is 0. The fourth-order valence-corrected chi connectivity index (χ4v) is 4.67. The number of nitrogens with zero attached hydrogens (tertiary/aromatic N) is 3. The number of aromatic nitrogens is 2. The lowest BCUT2D eigenvalue weighted by molar-refractivity contribution is -0.0378. The number of hydrogen-bond acceptors (Lipinski definition) is 7. The van der Waals surface area contributed by atoms with Gasteiger partial charge in [0.1, 0.15) is 16.8 Å². The molecule has 3 fully saturated rings. The molecule has 1 aromatic carbocycles. The first-order valence-corrected chi connectivity index (χ1v) is 10.2. The molecule has 3 aliphatic heterocycles. The second-order valence-electron chi connectivity index (χ2n) is 7.71. The molecule has 3 radical (unpaired) electrons. The number of anilines is 2. The van der Waals surface area contributed by atoms with Crippen LogP contribution in [0.4, 0.5) is 15.9 Å². The number of methoxy groups -OCH3 is 1. The third kappa shape index (κ3) is 4.02. The van der Waals surface area contributed by atoms with E-state index in [0.29, 0.717) is 34.4 Å². The second kappa shape index (κ2) is 7.79. The maximum Gasteiger partial charge on any atom is 0.318 e. The van der Waals surface area contributed by atoms with Gasteiger partial charge in [-0.1, -0.05) is 6.07 Å². The minimum absolute atomic E-state index is 0.211. The van der Waals surface area contributed by atoms with Crippen molar-refractivity contribution in [3.05, 3.63) is 35.3 Å². The molecule has 29 heavy (non-hydrogen) atoms. The Hall–Kier alpha value is -2.39. The van der Waals surface area contributed by atoms with Crippen molar-refractivity contribution < 1.29 is 13.9 Å². The van der Waals surface area contributed by atoms with Gasteiger partial charge in [0, 0.05) is 24.7 Å². The molecule has 9 heteroatoms. The summed E-state index contributed by atoms with van der Waals surface area (Å²) in [7, 11) is 5.33. The van der Waals surface area contributed by atoms with E-state index in [-0.39, 0.29) is 18.4 Å². The lowest BCUT2D eigenvalue weighted by atomic mass is 9.85. The van der Waals surface area contributed by atoms with Crippen molar-refractivity contribution in [3.63, 3.8) is 0 Å². The van der Waals surface area contributed by atoms with Crippen LogP contribution in [0.25, 0.3) is 0 Å². The molecule has 2 aromatic rings. The number of piperidine rings is 3. The van der Waals surface area contributed by atoms with Gasteiger partial charge in [-0.15, -0.1) is 0 Å². The van der Waals surface area contributed by atoms with Crippen LogP contribution in [0.5, 0.6) is 11.8 Å². The summed E-state index contributed by atoms with van der Waals surface area (Å²) in [5.74, 6) is 1.03. The SMILES string of the molecule is COc1nc(C)c(N)c(NCc2ccc(O[C@@]3([Si])CN4CCC3CC4)cc2F)n1. The van der Waals surface area contributed by atoms with Crippen molar-refractivity contribution in [2.24, 2.45) is 5.92 Å². The van der Waals surface area contributed by atoms with Gasteiger partial charge in [0.05, 0.1) is 28.7 Å². The summed E-state index contributed by atoms with van der Waals surface area (Å²) in [6, 6.07) is 5.17.